The number of methoxy groups -OCH3 is 1. The molecule has 1 aliphatic carbocycles. The largest absolute Gasteiger partial charge is 0.490 e. The minimum Gasteiger partial charge on any atom is -0.490 e. The molecule has 5 heteroatoms. The molecule has 2 rings (SSSR count). The predicted octanol–water partition coefficient (Wildman–Crippen LogP) is 3.13. The molecule has 0 saturated heterocycles. The average molecular weight is 278 g/mol. The summed E-state index contributed by atoms with van der Waals surface area (Å²) >= 11 is 0. The Morgan fingerprint density at radius 2 is 2.15 bits per heavy atom. The van der Waals surface area contributed by atoms with E-state index in [9.17, 15) is 10.1 Å². The van der Waals surface area contributed by atoms with Crippen LogP contribution >= 0.6 is 0 Å². The standard InChI is InChI=1S/C15H22N2O3/c1-10-4-6-13(11(10)2)16-9-12-5-7-15(20-3)14(8-12)17(18)19/h5,7-8,10-11,13,16H,4,6,9H2,1-3H3. The first-order valence-electron chi connectivity index (χ1n) is 7.07. The first-order chi connectivity index (χ1) is 9.52. The number of nitrogens with zero attached hydrogens (tertiary/aromatic N) is 1. The number of hydrogen-bond acceptors (Lipinski definition) is 4. The molecule has 110 valence electrons. The molecule has 0 bridgehead atoms. The van der Waals surface area contributed by atoms with E-state index >= 15 is 0 Å². The molecule has 0 radical (unpaired) electrons. The fourth-order valence-corrected chi connectivity index (χ4v) is 2.89. The van der Waals surface area contributed by atoms with Crippen molar-refractivity contribution in [3.8, 4) is 5.75 Å². The molecule has 0 spiro atoms. The number of hydrogen-bond donors (Lipinski definition) is 1. The molecule has 1 N–H and O–H groups in total. The van der Waals surface area contributed by atoms with Gasteiger partial charge in [0, 0.05) is 18.7 Å². The molecule has 0 aliphatic heterocycles. The van der Waals surface area contributed by atoms with Crippen molar-refractivity contribution >= 4 is 5.69 Å². The van der Waals surface area contributed by atoms with Gasteiger partial charge in [0.2, 0.25) is 0 Å². The fourth-order valence-electron chi connectivity index (χ4n) is 2.89. The van der Waals surface area contributed by atoms with E-state index in [1.807, 2.05) is 6.07 Å². The Balaban J connectivity index is 2.03. The zero-order valence-corrected chi connectivity index (χ0v) is 12.3. The van der Waals surface area contributed by atoms with Crippen LogP contribution in [0.3, 0.4) is 0 Å². The van der Waals surface area contributed by atoms with Crippen LogP contribution in [-0.4, -0.2) is 18.1 Å². The minimum atomic E-state index is -0.400. The van der Waals surface area contributed by atoms with Crippen molar-refractivity contribution in [3.63, 3.8) is 0 Å². The summed E-state index contributed by atoms with van der Waals surface area (Å²) < 4.78 is 5.01. The third kappa shape index (κ3) is 3.10. The van der Waals surface area contributed by atoms with E-state index in [2.05, 4.69) is 19.2 Å². The van der Waals surface area contributed by atoms with E-state index in [-0.39, 0.29) is 5.69 Å². The lowest BCUT2D eigenvalue weighted by Gasteiger charge is -2.19. The molecule has 1 saturated carbocycles. The predicted molar refractivity (Wildman–Crippen MR) is 77.8 cm³/mol. The van der Waals surface area contributed by atoms with Crippen molar-refractivity contribution in [1.29, 1.82) is 0 Å². The Bertz CT molecular complexity index is 490. The molecule has 3 unspecified atom stereocenters. The van der Waals surface area contributed by atoms with Crippen molar-refractivity contribution < 1.29 is 9.66 Å². The lowest BCUT2D eigenvalue weighted by molar-refractivity contribution is -0.385. The molecular weight excluding hydrogens is 256 g/mol. The average Bonchev–Trinajstić information content (AvgIpc) is 2.76. The Labute approximate surface area is 119 Å². The number of benzene rings is 1. The number of nitro benzene ring substituents is 1. The smallest absolute Gasteiger partial charge is 0.311 e. The maximum absolute atomic E-state index is 11.0. The Hall–Kier alpha value is -1.62. The molecular formula is C15H22N2O3. The van der Waals surface area contributed by atoms with E-state index < -0.39 is 4.92 Å². The molecule has 0 amide bonds. The van der Waals surface area contributed by atoms with Gasteiger partial charge in [-0.25, -0.2) is 0 Å². The topological polar surface area (TPSA) is 64.4 Å². The minimum absolute atomic E-state index is 0.0274. The SMILES string of the molecule is COc1ccc(CNC2CCC(C)C2C)cc1[N+](=O)[O-]. The molecule has 5 nitrogen and oxygen atoms in total. The van der Waals surface area contributed by atoms with Crippen LogP contribution in [0.5, 0.6) is 5.75 Å². The number of ether oxygens (including phenoxy) is 1. The summed E-state index contributed by atoms with van der Waals surface area (Å²) in [4.78, 5) is 10.6. The van der Waals surface area contributed by atoms with Gasteiger partial charge in [0.05, 0.1) is 12.0 Å². The zero-order valence-electron chi connectivity index (χ0n) is 12.3. The van der Waals surface area contributed by atoms with Crippen LogP contribution in [0, 0.1) is 22.0 Å². The quantitative estimate of drug-likeness (QED) is 0.664. The normalized spacial score (nSPS) is 25.6. The monoisotopic (exact) mass is 278 g/mol. The van der Waals surface area contributed by atoms with Gasteiger partial charge in [-0.1, -0.05) is 19.9 Å². The summed E-state index contributed by atoms with van der Waals surface area (Å²) in [5.74, 6) is 1.71. The van der Waals surface area contributed by atoms with Crippen molar-refractivity contribution in [2.45, 2.75) is 39.3 Å². The highest BCUT2D eigenvalue weighted by atomic mass is 16.6. The lowest BCUT2D eigenvalue weighted by Crippen LogP contribution is -2.31. The van der Waals surface area contributed by atoms with E-state index in [0.29, 0.717) is 24.3 Å². The molecule has 0 aromatic heterocycles. The van der Waals surface area contributed by atoms with Crippen molar-refractivity contribution in [2.75, 3.05) is 7.11 Å². The maximum atomic E-state index is 11.0. The lowest BCUT2D eigenvalue weighted by atomic mass is 9.97. The first-order valence-corrected chi connectivity index (χ1v) is 7.07. The summed E-state index contributed by atoms with van der Waals surface area (Å²) in [5, 5.41) is 14.5. The number of rotatable bonds is 5. The summed E-state index contributed by atoms with van der Waals surface area (Å²) in [6.07, 6.45) is 2.43. The number of nitro groups is 1. The molecule has 20 heavy (non-hydrogen) atoms. The van der Waals surface area contributed by atoms with E-state index in [4.69, 9.17) is 4.74 Å². The van der Waals surface area contributed by atoms with E-state index in [1.54, 1.807) is 12.1 Å². The summed E-state index contributed by atoms with van der Waals surface area (Å²) in [7, 11) is 1.45. The highest BCUT2D eigenvalue weighted by Crippen LogP contribution is 2.32. The third-order valence-corrected chi connectivity index (χ3v) is 4.47. The van der Waals surface area contributed by atoms with Gasteiger partial charge in [0.15, 0.2) is 5.75 Å². The van der Waals surface area contributed by atoms with Crippen molar-refractivity contribution in [1.82, 2.24) is 5.32 Å². The van der Waals surface area contributed by atoms with E-state index in [1.165, 1.54) is 20.0 Å². The van der Waals surface area contributed by atoms with Crippen molar-refractivity contribution in [3.05, 3.63) is 33.9 Å². The van der Waals surface area contributed by atoms with Crippen LogP contribution in [-0.2, 0) is 6.54 Å². The molecule has 1 fully saturated rings. The molecule has 1 aromatic rings. The van der Waals surface area contributed by atoms with Gasteiger partial charge in [0.1, 0.15) is 0 Å². The van der Waals surface area contributed by atoms with Gasteiger partial charge in [-0.15, -0.1) is 0 Å². The summed E-state index contributed by atoms with van der Waals surface area (Å²) in [5.41, 5.74) is 0.948. The summed E-state index contributed by atoms with van der Waals surface area (Å²) in [6, 6.07) is 5.64. The molecule has 1 aromatic carbocycles. The van der Waals surface area contributed by atoms with Crippen LogP contribution in [0.15, 0.2) is 18.2 Å². The summed E-state index contributed by atoms with van der Waals surface area (Å²) in [6.45, 7) is 5.21. The Morgan fingerprint density at radius 1 is 1.40 bits per heavy atom. The number of nitrogens with one attached hydrogen (secondary N) is 1. The van der Waals surface area contributed by atoms with Crippen molar-refractivity contribution in [2.24, 2.45) is 11.8 Å². The van der Waals surface area contributed by atoms with Crippen LogP contribution in [0.4, 0.5) is 5.69 Å². The molecule has 3 atom stereocenters. The van der Waals surface area contributed by atoms with Crippen LogP contribution in [0.2, 0.25) is 0 Å². The van der Waals surface area contributed by atoms with Crippen LogP contribution in [0.25, 0.3) is 0 Å². The Kier molecular flexibility index (Phi) is 4.60. The van der Waals surface area contributed by atoms with E-state index in [0.717, 1.165) is 11.5 Å². The molecule has 0 heterocycles. The second-order valence-electron chi connectivity index (χ2n) is 5.66. The van der Waals surface area contributed by atoms with Crippen LogP contribution < -0.4 is 10.1 Å². The molecule has 1 aliphatic rings. The first kappa shape index (κ1) is 14.8. The van der Waals surface area contributed by atoms with Gasteiger partial charge < -0.3 is 10.1 Å². The van der Waals surface area contributed by atoms with Crippen LogP contribution in [0.1, 0.15) is 32.3 Å². The third-order valence-electron chi connectivity index (χ3n) is 4.47. The Morgan fingerprint density at radius 3 is 2.70 bits per heavy atom. The highest BCUT2D eigenvalue weighted by molar-refractivity contribution is 5.48. The van der Waals surface area contributed by atoms with Gasteiger partial charge in [0.25, 0.3) is 0 Å². The maximum Gasteiger partial charge on any atom is 0.311 e. The highest BCUT2D eigenvalue weighted by Gasteiger charge is 2.29. The second kappa shape index (κ2) is 6.22. The van der Waals surface area contributed by atoms with Gasteiger partial charge in [-0.3, -0.25) is 10.1 Å². The second-order valence-corrected chi connectivity index (χ2v) is 5.66. The van der Waals surface area contributed by atoms with Gasteiger partial charge >= 0.3 is 5.69 Å². The zero-order chi connectivity index (χ0) is 14.7. The fraction of sp³-hybridized carbons (Fsp3) is 0.600. The van der Waals surface area contributed by atoms with Gasteiger partial charge in [-0.05, 0) is 36.3 Å². The van der Waals surface area contributed by atoms with Gasteiger partial charge in [-0.2, -0.15) is 0 Å².